The Kier molecular flexibility index (Phi) is 3.03. The summed E-state index contributed by atoms with van der Waals surface area (Å²) >= 11 is 0. The fourth-order valence-electron chi connectivity index (χ4n) is 1.79. The van der Waals surface area contributed by atoms with E-state index in [0.29, 0.717) is 11.9 Å². The zero-order chi connectivity index (χ0) is 10.7. The summed E-state index contributed by atoms with van der Waals surface area (Å²) in [5.74, 6) is 6.01. The molecule has 1 aromatic rings. The molecule has 1 aromatic heterocycles. The summed E-state index contributed by atoms with van der Waals surface area (Å²) in [7, 11) is 0. The number of anilines is 2. The van der Waals surface area contributed by atoms with Gasteiger partial charge in [0.05, 0.1) is 13.2 Å². The fraction of sp³-hybridized carbons (Fsp3) is 0.500. The minimum atomic E-state index is 0.395. The second-order valence-electron chi connectivity index (χ2n) is 3.66. The Bertz CT molecular complexity index is 331. The monoisotopic (exact) mass is 208 g/mol. The van der Waals surface area contributed by atoms with Crippen molar-refractivity contribution >= 4 is 11.5 Å². The van der Waals surface area contributed by atoms with E-state index in [1.54, 1.807) is 6.20 Å². The number of nitrogens with one attached hydrogen (secondary N) is 1. The zero-order valence-corrected chi connectivity index (χ0v) is 8.81. The summed E-state index contributed by atoms with van der Waals surface area (Å²) in [4.78, 5) is 6.38. The van der Waals surface area contributed by atoms with Crippen LogP contribution in [0.1, 0.15) is 6.92 Å². The Morgan fingerprint density at radius 3 is 3.27 bits per heavy atom. The van der Waals surface area contributed by atoms with Crippen LogP contribution in [0.2, 0.25) is 0 Å². The van der Waals surface area contributed by atoms with E-state index in [1.807, 2.05) is 12.1 Å². The molecule has 5 nitrogen and oxygen atoms in total. The number of rotatable bonds is 2. The average molecular weight is 208 g/mol. The predicted octanol–water partition coefficient (Wildman–Crippen LogP) is 0.592. The van der Waals surface area contributed by atoms with Crippen LogP contribution in [-0.2, 0) is 4.74 Å². The highest BCUT2D eigenvalue weighted by Crippen LogP contribution is 2.20. The number of morpholine rings is 1. The third-order valence-electron chi connectivity index (χ3n) is 2.59. The van der Waals surface area contributed by atoms with Gasteiger partial charge >= 0.3 is 0 Å². The minimum absolute atomic E-state index is 0.395. The SMILES string of the molecule is CC1COCCN1c1ccnc(NN)c1. The number of nitrogens with zero attached hydrogens (tertiary/aromatic N) is 2. The molecule has 0 spiro atoms. The molecule has 0 amide bonds. The van der Waals surface area contributed by atoms with E-state index in [-0.39, 0.29) is 0 Å². The molecule has 0 aliphatic carbocycles. The molecule has 0 bridgehead atoms. The molecule has 5 heteroatoms. The van der Waals surface area contributed by atoms with Gasteiger partial charge in [0.2, 0.25) is 0 Å². The van der Waals surface area contributed by atoms with Crippen molar-refractivity contribution in [3.05, 3.63) is 18.3 Å². The van der Waals surface area contributed by atoms with Crippen LogP contribution >= 0.6 is 0 Å². The largest absolute Gasteiger partial charge is 0.377 e. The van der Waals surface area contributed by atoms with E-state index in [2.05, 4.69) is 22.2 Å². The predicted molar refractivity (Wildman–Crippen MR) is 59.7 cm³/mol. The van der Waals surface area contributed by atoms with E-state index in [9.17, 15) is 0 Å². The summed E-state index contributed by atoms with van der Waals surface area (Å²) in [6.45, 7) is 4.61. The third-order valence-corrected chi connectivity index (χ3v) is 2.59. The van der Waals surface area contributed by atoms with Crippen LogP contribution in [0, 0.1) is 0 Å². The molecule has 0 saturated carbocycles. The van der Waals surface area contributed by atoms with Gasteiger partial charge in [0.1, 0.15) is 5.82 Å². The quantitative estimate of drug-likeness (QED) is 0.550. The molecule has 1 saturated heterocycles. The van der Waals surface area contributed by atoms with Crippen LogP contribution in [-0.4, -0.2) is 30.8 Å². The number of hydrazine groups is 1. The highest BCUT2D eigenvalue weighted by Gasteiger charge is 2.19. The molecule has 0 aromatic carbocycles. The summed E-state index contributed by atoms with van der Waals surface area (Å²) in [5, 5.41) is 0. The lowest BCUT2D eigenvalue weighted by atomic mass is 10.2. The molecule has 1 fully saturated rings. The van der Waals surface area contributed by atoms with E-state index in [0.717, 1.165) is 25.4 Å². The van der Waals surface area contributed by atoms with Gasteiger partial charge in [-0.25, -0.2) is 10.8 Å². The Labute approximate surface area is 89.2 Å². The van der Waals surface area contributed by atoms with Crippen molar-refractivity contribution < 1.29 is 4.74 Å². The molecule has 1 aliphatic heterocycles. The number of hydrogen-bond donors (Lipinski definition) is 2. The Balaban J connectivity index is 2.19. The van der Waals surface area contributed by atoms with Gasteiger partial charge in [-0.2, -0.15) is 0 Å². The van der Waals surface area contributed by atoms with Crippen LogP contribution < -0.4 is 16.2 Å². The lowest BCUT2D eigenvalue weighted by Crippen LogP contribution is -2.43. The zero-order valence-electron chi connectivity index (χ0n) is 8.81. The Hall–Kier alpha value is -1.33. The van der Waals surface area contributed by atoms with Crippen molar-refractivity contribution in [2.45, 2.75) is 13.0 Å². The van der Waals surface area contributed by atoms with E-state index in [1.165, 1.54) is 0 Å². The maximum atomic E-state index is 5.39. The summed E-state index contributed by atoms with van der Waals surface area (Å²) in [6.07, 6.45) is 1.76. The van der Waals surface area contributed by atoms with Gasteiger partial charge in [-0.3, -0.25) is 0 Å². The highest BCUT2D eigenvalue weighted by molar-refractivity contribution is 5.54. The molecule has 2 rings (SSSR count). The lowest BCUT2D eigenvalue weighted by Gasteiger charge is -2.35. The van der Waals surface area contributed by atoms with E-state index >= 15 is 0 Å². The van der Waals surface area contributed by atoms with Gasteiger partial charge in [-0.05, 0) is 13.0 Å². The van der Waals surface area contributed by atoms with Crippen LogP contribution in [0.3, 0.4) is 0 Å². The third kappa shape index (κ3) is 2.19. The van der Waals surface area contributed by atoms with E-state index < -0.39 is 0 Å². The fourth-order valence-corrected chi connectivity index (χ4v) is 1.79. The van der Waals surface area contributed by atoms with Gasteiger partial charge in [-0.1, -0.05) is 0 Å². The van der Waals surface area contributed by atoms with Crippen LogP contribution in [0.25, 0.3) is 0 Å². The number of pyridine rings is 1. The molecule has 3 N–H and O–H groups in total. The Morgan fingerprint density at radius 1 is 1.67 bits per heavy atom. The lowest BCUT2D eigenvalue weighted by molar-refractivity contribution is 0.0989. The Morgan fingerprint density at radius 2 is 2.53 bits per heavy atom. The van der Waals surface area contributed by atoms with Crippen molar-refractivity contribution in [3.8, 4) is 0 Å². The molecule has 2 heterocycles. The van der Waals surface area contributed by atoms with Crippen LogP contribution in [0.15, 0.2) is 18.3 Å². The van der Waals surface area contributed by atoms with Crippen molar-refractivity contribution in [3.63, 3.8) is 0 Å². The second kappa shape index (κ2) is 4.46. The first-order valence-corrected chi connectivity index (χ1v) is 5.08. The van der Waals surface area contributed by atoms with Gasteiger partial charge in [0.25, 0.3) is 0 Å². The van der Waals surface area contributed by atoms with Gasteiger partial charge in [0, 0.05) is 30.5 Å². The number of nitrogens with two attached hydrogens (primary N) is 1. The molecule has 82 valence electrons. The molecule has 1 unspecified atom stereocenters. The maximum absolute atomic E-state index is 5.39. The van der Waals surface area contributed by atoms with Crippen LogP contribution in [0.4, 0.5) is 11.5 Å². The van der Waals surface area contributed by atoms with Gasteiger partial charge < -0.3 is 15.1 Å². The maximum Gasteiger partial charge on any atom is 0.141 e. The number of hydrogen-bond acceptors (Lipinski definition) is 5. The molecule has 15 heavy (non-hydrogen) atoms. The van der Waals surface area contributed by atoms with Crippen molar-refractivity contribution in [2.75, 3.05) is 30.1 Å². The number of ether oxygens (including phenoxy) is 1. The molecule has 0 radical (unpaired) electrons. The summed E-state index contributed by atoms with van der Waals surface area (Å²) in [6, 6.07) is 4.33. The van der Waals surface area contributed by atoms with Crippen molar-refractivity contribution in [2.24, 2.45) is 5.84 Å². The number of nitrogen functional groups attached to an aromatic ring is 1. The minimum Gasteiger partial charge on any atom is -0.377 e. The van der Waals surface area contributed by atoms with Crippen LogP contribution in [0.5, 0.6) is 0 Å². The summed E-state index contributed by atoms with van der Waals surface area (Å²) < 4.78 is 5.39. The molecule has 1 atom stereocenters. The number of aromatic nitrogens is 1. The normalized spacial score (nSPS) is 21.5. The van der Waals surface area contributed by atoms with Crippen molar-refractivity contribution in [1.82, 2.24) is 4.98 Å². The second-order valence-corrected chi connectivity index (χ2v) is 3.66. The molecule has 1 aliphatic rings. The smallest absolute Gasteiger partial charge is 0.141 e. The average Bonchev–Trinajstić information content (AvgIpc) is 2.30. The topological polar surface area (TPSA) is 63.4 Å². The van der Waals surface area contributed by atoms with Crippen molar-refractivity contribution in [1.29, 1.82) is 0 Å². The summed E-state index contributed by atoms with van der Waals surface area (Å²) in [5.41, 5.74) is 3.69. The highest BCUT2D eigenvalue weighted by atomic mass is 16.5. The first kappa shape index (κ1) is 10.2. The standard InChI is InChI=1S/C10H16N4O/c1-8-7-15-5-4-14(8)9-2-3-12-10(6-9)13-11/h2-3,6,8H,4-5,7,11H2,1H3,(H,12,13). The first-order chi connectivity index (χ1) is 7.31. The first-order valence-electron chi connectivity index (χ1n) is 5.08. The van der Waals surface area contributed by atoms with Gasteiger partial charge in [-0.15, -0.1) is 0 Å². The van der Waals surface area contributed by atoms with Gasteiger partial charge in [0.15, 0.2) is 0 Å². The molecular formula is C10H16N4O. The van der Waals surface area contributed by atoms with E-state index in [4.69, 9.17) is 10.6 Å². The molecular weight excluding hydrogens is 192 g/mol.